The Bertz CT molecular complexity index is 294. The normalized spacial score (nSPS) is 25.9. The van der Waals surface area contributed by atoms with Crippen molar-refractivity contribution in [2.24, 2.45) is 5.92 Å². The van der Waals surface area contributed by atoms with Crippen molar-refractivity contribution in [3.63, 3.8) is 0 Å². The summed E-state index contributed by atoms with van der Waals surface area (Å²) < 4.78 is 5.32. The molecule has 2 saturated heterocycles. The quantitative estimate of drug-likeness (QED) is 0.744. The maximum absolute atomic E-state index is 11.8. The average molecular weight is 242 g/mol. The molecule has 2 rings (SSSR count). The molecule has 2 amide bonds. The third-order valence-electron chi connectivity index (χ3n) is 3.35. The van der Waals surface area contributed by atoms with Crippen molar-refractivity contribution in [3.05, 3.63) is 0 Å². The number of nitrogens with zero attached hydrogens (tertiary/aromatic N) is 1. The van der Waals surface area contributed by atoms with E-state index >= 15 is 0 Å². The van der Waals surface area contributed by atoms with Gasteiger partial charge in [-0.2, -0.15) is 0 Å². The van der Waals surface area contributed by atoms with E-state index in [1.54, 1.807) is 4.90 Å². The van der Waals surface area contributed by atoms with Gasteiger partial charge in [-0.3, -0.25) is 4.79 Å². The molecule has 0 aliphatic carbocycles. The van der Waals surface area contributed by atoms with Crippen LogP contribution in [0.15, 0.2) is 0 Å². The molecule has 0 spiro atoms. The van der Waals surface area contributed by atoms with E-state index in [0.29, 0.717) is 32.5 Å². The van der Waals surface area contributed by atoms with E-state index in [-0.39, 0.29) is 18.2 Å². The van der Waals surface area contributed by atoms with Gasteiger partial charge in [-0.1, -0.05) is 0 Å². The number of piperidine rings is 1. The number of urea groups is 1. The Morgan fingerprint density at radius 1 is 1.24 bits per heavy atom. The van der Waals surface area contributed by atoms with E-state index in [1.807, 2.05) is 0 Å². The molecule has 2 aliphatic heterocycles. The second-order valence-corrected chi connectivity index (χ2v) is 4.55. The van der Waals surface area contributed by atoms with Crippen LogP contribution < -0.4 is 5.32 Å². The number of amides is 2. The Kier molecular flexibility index (Phi) is 3.83. The number of ether oxygens (including phenoxy) is 1. The molecule has 0 radical (unpaired) electrons. The molecule has 2 fully saturated rings. The number of carboxylic acids is 1. The average Bonchev–Trinajstić information content (AvgIpc) is 2.82. The number of hydrogen-bond acceptors (Lipinski definition) is 3. The summed E-state index contributed by atoms with van der Waals surface area (Å²) in [6, 6.07) is -0.138. The highest BCUT2D eigenvalue weighted by Gasteiger charge is 2.28. The van der Waals surface area contributed by atoms with Crippen molar-refractivity contribution in [1.82, 2.24) is 10.2 Å². The Morgan fingerprint density at radius 3 is 2.47 bits per heavy atom. The van der Waals surface area contributed by atoms with Crippen molar-refractivity contribution in [2.75, 3.05) is 19.7 Å². The van der Waals surface area contributed by atoms with Crippen LogP contribution in [0.4, 0.5) is 4.79 Å². The third-order valence-corrected chi connectivity index (χ3v) is 3.35. The molecule has 6 nitrogen and oxygen atoms in total. The first-order valence-electron chi connectivity index (χ1n) is 6.06. The minimum absolute atomic E-state index is 0.138. The fraction of sp³-hybridized carbons (Fsp3) is 0.818. The minimum atomic E-state index is -0.760. The summed E-state index contributed by atoms with van der Waals surface area (Å²) in [6.07, 6.45) is 2.74. The smallest absolute Gasteiger partial charge is 0.319 e. The van der Waals surface area contributed by atoms with Gasteiger partial charge >= 0.3 is 12.0 Å². The Labute approximate surface area is 99.9 Å². The van der Waals surface area contributed by atoms with Crippen LogP contribution in [-0.4, -0.2) is 47.9 Å². The number of hydrogen-bond donors (Lipinski definition) is 2. The van der Waals surface area contributed by atoms with Crippen molar-refractivity contribution in [1.29, 1.82) is 0 Å². The van der Waals surface area contributed by atoms with Crippen molar-refractivity contribution >= 4 is 12.0 Å². The lowest BCUT2D eigenvalue weighted by molar-refractivity contribution is -0.143. The SMILES string of the molecule is O=C(O)C1CCN(C(=O)NC2CCCO2)CC1. The van der Waals surface area contributed by atoms with Gasteiger partial charge in [0.25, 0.3) is 0 Å². The largest absolute Gasteiger partial charge is 0.481 e. The van der Waals surface area contributed by atoms with Crippen LogP contribution >= 0.6 is 0 Å². The van der Waals surface area contributed by atoms with E-state index in [9.17, 15) is 9.59 Å². The van der Waals surface area contributed by atoms with Crippen LogP contribution in [0.5, 0.6) is 0 Å². The summed E-state index contributed by atoms with van der Waals surface area (Å²) in [5, 5.41) is 11.7. The highest BCUT2D eigenvalue weighted by atomic mass is 16.5. The Balaban J connectivity index is 1.75. The molecule has 1 unspecified atom stereocenters. The Morgan fingerprint density at radius 2 is 1.94 bits per heavy atom. The molecule has 0 bridgehead atoms. The van der Waals surface area contributed by atoms with Gasteiger partial charge in [0.2, 0.25) is 0 Å². The van der Waals surface area contributed by atoms with Crippen LogP contribution in [0.2, 0.25) is 0 Å². The number of nitrogens with one attached hydrogen (secondary N) is 1. The molecule has 0 aromatic carbocycles. The van der Waals surface area contributed by atoms with Gasteiger partial charge in [0.1, 0.15) is 6.23 Å². The topological polar surface area (TPSA) is 78.9 Å². The molecule has 0 aromatic rings. The monoisotopic (exact) mass is 242 g/mol. The predicted molar refractivity (Wildman–Crippen MR) is 59.4 cm³/mol. The summed E-state index contributed by atoms with van der Waals surface area (Å²) >= 11 is 0. The van der Waals surface area contributed by atoms with Gasteiger partial charge in [-0.15, -0.1) is 0 Å². The molecule has 0 saturated carbocycles. The fourth-order valence-corrected chi connectivity index (χ4v) is 2.25. The van der Waals surface area contributed by atoms with Gasteiger partial charge in [0.05, 0.1) is 5.92 Å². The highest BCUT2D eigenvalue weighted by molar-refractivity contribution is 5.75. The zero-order valence-electron chi connectivity index (χ0n) is 9.72. The summed E-state index contributed by atoms with van der Waals surface area (Å²) in [6.45, 7) is 1.72. The number of likely N-dealkylation sites (tertiary alicyclic amines) is 1. The summed E-state index contributed by atoms with van der Waals surface area (Å²) in [5.41, 5.74) is 0. The van der Waals surface area contributed by atoms with Crippen molar-refractivity contribution in [2.45, 2.75) is 31.9 Å². The van der Waals surface area contributed by atoms with E-state index in [0.717, 1.165) is 12.8 Å². The zero-order chi connectivity index (χ0) is 12.3. The van der Waals surface area contributed by atoms with Gasteiger partial charge in [0.15, 0.2) is 0 Å². The van der Waals surface area contributed by atoms with Crippen LogP contribution in [0.3, 0.4) is 0 Å². The van der Waals surface area contributed by atoms with E-state index in [2.05, 4.69) is 5.32 Å². The van der Waals surface area contributed by atoms with Gasteiger partial charge in [-0.05, 0) is 25.7 Å². The third kappa shape index (κ3) is 3.09. The fourth-order valence-electron chi connectivity index (χ4n) is 2.25. The van der Waals surface area contributed by atoms with E-state index < -0.39 is 5.97 Å². The predicted octanol–water partition coefficient (Wildman–Crippen LogP) is 0.629. The summed E-state index contributed by atoms with van der Waals surface area (Å²) in [5.74, 6) is -1.06. The molecule has 2 N–H and O–H groups in total. The number of carbonyl (C=O) groups is 2. The lowest BCUT2D eigenvalue weighted by Crippen LogP contribution is -2.48. The lowest BCUT2D eigenvalue weighted by atomic mass is 9.97. The van der Waals surface area contributed by atoms with E-state index in [4.69, 9.17) is 9.84 Å². The first-order chi connectivity index (χ1) is 8.16. The minimum Gasteiger partial charge on any atom is -0.481 e. The first kappa shape index (κ1) is 12.2. The molecule has 96 valence electrons. The van der Waals surface area contributed by atoms with Crippen LogP contribution in [0.1, 0.15) is 25.7 Å². The molecule has 17 heavy (non-hydrogen) atoms. The zero-order valence-corrected chi connectivity index (χ0v) is 9.72. The molecule has 1 atom stereocenters. The summed E-state index contributed by atoms with van der Waals surface area (Å²) in [4.78, 5) is 24.3. The van der Waals surface area contributed by atoms with Gasteiger partial charge < -0.3 is 20.1 Å². The standard InChI is InChI=1S/C11H18N2O4/c14-10(15)8-3-5-13(6-4-8)11(16)12-9-2-1-7-17-9/h8-9H,1-7H2,(H,12,16)(H,14,15). The maximum atomic E-state index is 11.8. The van der Waals surface area contributed by atoms with Gasteiger partial charge in [-0.25, -0.2) is 4.79 Å². The highest BCUT2D eigenvalue weighted by Crippen LogP contribution is 2.18. The number of carboxylic acid groups (broad SMARTS) is 1. The molecule has 0 aromatic heterocycles. The number of rotatable bonds is 2. The lowest BCUT2D eigenvalue weighted by Gasteiger charge is -2.31. The first-order valence-corrected chi connectivity index (χ1v) is 6.06. The van der Waals surface area contributed by atoms with Crippen LogP contribution in [-0.2, 0) is 9.53 Å². The van der Waals surface area contributed by atoms with Crippen LogP contribution in [0.25, 0.3) is 0 Å². The van der Waals surface area contributed by atoms with E-state index in [1.165, 1.54) is 0 Å². The Hall–Kier alpha value is -1.30. The molecular formula is C11H18N2O4. The van der Waals surface area contributed by atoms with Crippen LogP contribution in [0, 0.1) is 5.92 Å². The molecular weight excluding hydrogens is 224 g/mol. The second kappa shape index (κ2) is 5.35. The van der Waals surface area contributed by atoms with Crippen molar-refractivity contribution < 1.29 is 19.4 Å². The number of carbonyl (C=O) groups excluding carboxylic acids is 1. The maximum Gasteiger partial charge on any atom is 0.319 e. The van der Waals surface area contributed by atoms with Gasteiger partial charge in [0, 0.05) is 19.7 Å². The summed E-state index contributed by atoms with van der Waals surface area (Å²) in [7, 11) is 0. The molecule has 2 aliphatic rings. The number of aliphatic carboxylic acids is 1. The second-order valence-electron chi connectivity index (χ2n) is 4.55. The molecule has 2 heterocycles. The van der Waals surface area contributed by atoms with Crippen molar-refractivity contribution in [3.8, 4) is 0 Å². The molecule has 6 heteroatoms.